The molecule has 28 heavy (non-hydrogen) atoms. The molecular formula is C23H40O5. The third-order valence-electron chi connectivity index (χ3n) is 5.37. The highest BCUT2D eigenvalue weighted by molar-refractivity contribution is 5.88. The summed E-state index contributed by atoms with van der Waals surface area (Å²) in [5.74, 6) is -1.12. The molecule has 0 bridgehead atoms. The van der Waals surface area contributed by atoms with E-state index in [1.54, 1.807) is 6.08 Å². The van der Waals surface area contributed by atoms with Crippen LogP contribution in [-0.2, 0) is 9.59 Å². The van der Waals surface area contributed by atoms with Gasteiger partial charge in [0.15, 0.2) is 0 Å². The summed E-state index contributed by atoms with van der Waals surface area (Å²) in [6.45, 7) is 12.3. The van der Waals surface area contributed by atoms with E-state index >= 15 is 0 Å². The number of allylic oxidation sites excluding steroid dienone is 3. The average molecular weight is 397 g/mol. The van der Waals surface area contributed by atoms with Crippen LogP contribution in [0.1, 0.15) is 73.6 Å². The molecule has 5 heteroatoms. The van der Waals surface area contributed by atoms with Crippen LogP contribution >= 0.6 is 0 Å². The molecule has 0 aromatic carbocycles. The molecule has 0 spiro atoms. The smallest absolute Gasteiger partial charge is 0.331 e. The second kappa shape index (κ2) is 13.5. The van der Waals surface area contributed by atoms with E-state index in [0.29, 0.717) is 11.8 Å². The standard InChI is InChI=1S/C23H40O5/c1-7-15(2)8-16(3)10-20(14-24)11-17(4)9-18(5)12-21(23(27)28)13-19(6)22(25)26/h9,12,15-17,19-20,24H,7-8,10-11,13-14H2,1-6H3,(H,25,26)(H,27,28)/b18-9+,21-12-/t15-,16-,17-,19-,20-/m0/s1. The second-order valence-corrected chi connectivity index (χ2v) is 8.68. The Bertz CT molecular complexity index is 549. The molecule has 0 aromatic rings. The Labute approximate surface area is 170 Å². The lowest BCUT2D eigenvalue weighted by molar-refractivity contribution is -0.141. The quantitative estimate of drug-likeness (QED) is 0.279. The summed E-state index contributed by atoms with van der Waals surface area (Å²) in [6.07, 6.45) is 7.75. The van der Waals surface area contributed by atoms with E-state index < -0.39 is 17.9 Å². The maximum Gasteiger partial charge on any atom is 0.331 e. The third-order valence-corrected chi connectivity index (χ3v) is 5.37. The van der Waals surface area contributed by atoms with Gasteiger partial charge in [-0.3, -0.25) is 4.79 Å². The molecule has 0 fully saturated rings. The first-order chi connectivity index (χ1) is 13.0. The van der Waals surface area contributed by atoms with Gasteiger partial charge in [-0.2, -0.15) is 0 Å². The molecule has 0 saturated carbocycles. The molecule has 5 atom stereocenters. The van der Waals surface area contributed by atoms with Crippen molar-refractivity contribution >= 4 is 11.9 Å². The van der Waals surface area contributed by atoms with E-state index in [-0.39, 0.29) is 30.4 Å². The number of aliphatic hydroxyl groups is 1. The summed E-state index contributed by atoms with van der Waals surface area (Å²) in [7, 11) is 0. The number of aliphatic hydroxyl groups excluding tert-OH is 1. The van der Waals surface area contributed by atoms with Gasteiger partial charge in [-0.1, -0.05) is 52.7 Å². The van der Waals surface area contributed by atoms with Crippen molar-refractivity contribution in [1.29, 1.82) is 0 Å². The predicted molar refractivity (Wildman–Crippen MR) is 113 cm³/mol. The van der Waals surface area contributed by atoms with Gasteiger partial charge < -0.3 is 15.3 Å². The molecule has 0 heterocycles. The van der Waals surface area contributed by atoms with Gasteiger partial charge in [-0.05, 0) is 62.4 Å². The molecule has 0 unspecified atom stereocenters. The first-order valence-corrected chi connectivity index (χ1v) is 10.5. The Balaban J connectivity index is 4.96. The molecule has 0 rings (SSSR count). The fourth-order valence-electron chi connectivity index (χ4n) is 3.75. The maximum absolute atomic E-state index is 11.4. The van der Waals surface area contributed by atoms with Gasteiger partial charge in [0, 0.05) is 12.2 Å². The summed E-state index contributed by atoms with van der Waals surface area (Å²) in [4.78, 5) is 22.4. The molecule has 0 aromatic heterocycles. The topological polar surface area (TPSA) is 94.8 Å². The Morgan fingerprint density at radius 3 is 2.04 bits per heavy atom. The van der Waals surface area contributed by atoms with Crippen LogP contribution in [0.4, 0.5) is 0 Å². The van der Waals surface area contributed by atoms with E-state index in [4.69, 9.17) is 5.11 Å². The van der Waals surface area contributed by atoms with Crippen LogP contribution in [-0.4, -0.2) is 33.9 Å². The normalized spacial score (nSPS) is 18.2. The largest absolute Gasteiger partial charge is 0.481 e. The SMILES string of the molecule is CC[C@H](C)C[C@H](C)C[C@H](CO)C[C@@H](C)/C=C(C)/C=C(/C[C@H](C)C(=O)O)C(=O)O. The van der Waals surface area contributed by atoms with E-state index in [1.807, 2.05) is 13.0 Å². The van der Waals surface area contributed by atoms with Crippen molar-refractivity contribution < 1.29 is 24.9 Å². The predicted octanol–water partition coefficient (Wildman–Crippen LogP) is 5.15. The average Bonchev–Trinajstić information content (AvgIpc) is 2.59. The zero-order valence-corrected chi connectivity index (χ0v) is 18.4. The molecule has 0 radical (unpaired) electrons. The number of carboxylic acid groups (broad SMARTS) is 2. The Morgan fingerprint density at radius 1 is 0.964 bits per heavy atom. The van der Waals surface area contributed by atoms with E-state index in [1.165, 1.54) is 19.8 Å². The van der Waals surface area contributed by atoms with Crippen LogP contribution in [0, 0.1) is 29.6 Å². The van der Waals surface area contributed by atoms with Crippen LogP contribution in [0.3, 0.4) is 0 Å². The number of aliphatic carboxylic acids is 2. The summed E-state index contributed by atoms with van der Waals surface area (Å²) < 4.78 is 0. The van der Waals surface area contributed by atoms with E-state index in [2.05, 4.69) is 27.7 Å². The Morgan fingerprint density at radius 2 is 1.57 bits per heavy atom. The number of carboxylic acids is 2. The highest BCUT2D eigenvalue weighted by atomic mass is 16.4. The van der Waals surface area contributed by atoms with Crippen LogP contribution in [0.2, 0.25) is 0 Å². The third kappa shape index (κ3) is 11.3. The minimum atomic E-state index is -1.08. The molecular weight excluding hydrogens is 356 g/mol. The fourth-order valence-corrected chi connectivity index (χ4v) is 3.75. The lowest BCUT2D eigenvalue weighted by atomic mass is 9.84. The van der Waals surface area contributed by atoms with E-state index in [0.717, 1.165) is 18.4 Å². The summed E-state index contributed by atoms with van der Waals surface area (Å²) >= 11 is 0. The highest BCUT2D eigenvalue weighted by Gasteiger charge is 2.19. The molecule has 0 aliphatic heterocycles. The minimum Gasteiger partial charge on any atom is -0.481 e. The van der Waals surface area contributed by atoms with Crippen molar-refractivity contribution in [2.75, 3.05) is 6.61 Å². The minimum absolute atomic E-state index is 0.00335. The first kappa shape index (κ1) is 26.4. The molecule has 162 valence electrons. The van der Waals surface area contributed by atoms with Crippen LogP contribution in [0.25, 0.3) is 0 Å². The van der Waals surface area contributed by atoms with Gasteiger partial charge in [0.2, 0.25) is 0 Å². The van der Waals surface area contributed by atoms with Crippen molar-refractivity contribution in [2.45, 2.75) is 73.6 Å². The fraction of sp³-hybridized carbons (Fsp3) is 0.739. The number of hydrogen-bond donors (Lipinski definition) is 3. The number of rotatable bonds is 14. The van der Waals surface area contributed by atoms with E-state index in [9.17, 15) is 19.8 Å². The summed E-state index contributed by atoms with van der Waals surface area (Å²) in [5, 5.41) is 28.1. The van der Waals surface area contributed by atoms with Crippen molar-refractivity contribution in [3.8, 4) is 0 Å². The van der Waals surface area contributed by atoms with Crippen LogP contribution in [0.5, 0.6) is 0 Å². The first-order valence-electron chi connectivity index (χ1n) is 10.5. The van der Waals surface area contributed by atoms with Crippen molar-refractivity contribution in [3.63, 3.8) is 0 Å². The monoisotopic (exact) mass is 396 g/mol. The van der Waals surface area contributed by atoms with Crippen LogP contribution in [0.15, 0.2) is 23.3 Å². The van der Waals surface area contributed by atoms with Gasteiger partial charge >= 0.3 is 11.9 Å². The van der Waals surface area contributed by atoms with Crippen molar-refractivity contribution in [2.24, 2.45) is 29.6 Å². The number of carbonyl (C=O) groups is 2. The highest BCUT2D eigenvalue weighted by Crippen LogP contribution is 2.26. The molecule has 5 nitrogen and oxygen atoms in total. The van der Waals surface area contributed by atoms with Crippen LogP contribution < -0.4 is 0 Å². The van der Waals surface area contributed by atoms with Gasteiger partial charge in [0.25, 0.3) is 0 Å². The Kier molecular flexibility index (Phi) is 12.8. The Hall–Kier alpha value is -1.62. The number of hydrogen-bond acceptors (Lipinski definition) is 3. The summed E-state index contributed by atoms with van der Waals surface area (Å²) in [6, 6.07) is 0. The van der Waals surface area contributed by atoms with Gasteiger partial charge in [-0.25, -0.2) is 4.79 Å². The molecule has 0 saturated heterocycles. The second-order valence-electron chi connectivity index (χ2n) is 8.68. The molecule has 0 aliphatic rings. The molecule has 0 amide bonds. The molecule has 3 N–H and O–H groups in total. The molecule has 0 aliphatic carbocycles. The van der Waals surface area contributed by atoms with Gasteiger partial charge in [0.05, 0.1) is 5.92 Å². The summed E-state index contributed by atoms with van der Waals surface area (Å²) in [5.41, 5.74) is 0.920. The van der Waals surface area contributed by atoms with Gasteiger partial charge in [-0.15, -0.1) is 0 Å². The lowest BCUT2D eigenvalue weighted by Gasteiger charge is -2.23. The zero-order chi connectivity index (χ0) is 21.9. The zero-order valence-electron chi connectivity index (χ0n) is 18.4. The van der Waals surface area contributed by atoms with Crippen molar-refractivity contribution in [1.82, 2.24) is 0 Å². The lowest BCUT2D eigenvalue weighted by Crippen LogP contribution is -2.15. The van der Waals surface area contributed by atoms with Crippen molar-refractivity contribution in [3.05, 3.63) is 23.3 Å². The van der Waals surface area contributed by atoms with Gasteiger partial charge in [0.1, 0.15) is 0 Å². The maximum atomic E-state index is 11.4.